The van der Waals surface area contributed by atoms with Crippen LogP contribution in [0, 0.1) is 0 Å². The summed E-state index contributed by atoms with van der Waals surface area (Å²) < 4.78 is 42.2. The van der Waals surface area contributed by atoms with Gasteiger partial charge in [0.25, 0.3) is 10.0 Å². The summed E-state index contributed by atoms with van der Waals surface area (Å²) in [5, 5.41) is 0.175. The number of ether oxygens (including phenoxy) is 3. The molecule has 0 spiro atoms. The molecule has 2 aromatic rings. The summed E-state index contributed by atoms with van der Waals surface area (Å²) in [5.74, 6) is 0.0757. The lowest BCUT2D eigenvalue weighted by Gasteiger charge is -2.21. The molecular weight excluding hydrogens is 394 g/mol. The highest BCUT2D eigenvalue weighted by atomic mass is 35.5. The number of hydrogen-bond donors (Lipinski definition) is 0. The van der Waals surface area contributed by atoms with E-state index in [1.54, 1.807) is 6.92 Å². The van der Waals surface area contributed by atoms with Crippen LogP contribution in [0.2, 0.25) is 5.02 Å². The first kappa shape index (κ1) is 20.9. The van der Waals surface area contributed by atoms with Crippen molar-refractivity contribution in [3.63, 3.8) is 0 Å². The van der Waals surface area contributed by atoms with Crippen molar-refractivity contribution in [1.29, 1.82) is 0 Å². The van der Waals surface area contributed by atoms with Gasteiger partial charge in [0.2, 0.25) is 0 Å². The Labute approximate surface area is 163 Å². The van der Waals surface area contributed by atoms with Crippen LogP contribution in [-0.2, 0) is 14.8 Å². The number of anilines is 1. The van der Waals surface area contributed by atoms with Gasteiger partial charge in [-0.05, 0) is 37.3 Å². The van der Waals surface area contributed by atoms with Crippen molar-refractivity contribution < 1.29 is 27.4 Å². The van der Waals surface area contributed by atoms with Crippen LogP contribution in [0.25, 0.3) is 0 Å². The van der Waals surface area contributed by atoms with E-state index in [-0.39, 0.29) is 33.5 Å². The predicted octanol–water partition coefficient (Wildman–Crippen LogP) is 3.36. The lowest BCUT2D eigenvalue weighted by atomic mass is 10.2. The minimum Gasteiger partial charge on any atom is -0.493 e. The molecule has 0 heterocycles. The number of esters is 1. The van der Waals surface area contributed by atoms with E-state index in [4.69, 9.17) is 25.8 Å². The average molecular weight is 414 g/mol. The van der Waals surface area contributed by atoms with E-state index in [1.807, 2.05) is 0 Å². The van der Waals surface area contributed by atoms with Crippen LogP contribution in [-0.4, -0.2) is 42.3 Å². The van der Waals surface area contributed by atoms with Crippen LogP contribution in [0.3, 0.4) is 0 Å². The summed E-state index contributed by atoms with van der Waals surface area (Å²) >= 11 is 6.04. The SMILES string of the molecule is CCOC(=O)c1cc(N(C)S(=O)(=O)c2ccc(OC)c(OC)c2)ccc1Cl. The zero-order valence-corrected chi connectivity index (χ0v) is 16.9. The molecule has 27 heavy (non-hydrogen) atoms. The van der Waals surface area contributed by atoms with Crippen molar-refractivity contribution in [1.82, 2.24) is 0 Å². The fourth-order valence-corrected chi connectivity index (χ4v) is 3.75. The van der Waals surface area contributed by atoms with E-state index in [2.05, 4.69) is 0 Å². The van der Waals surface area contributed by atoms with Gasteiger partial charge in [0.15, 0.2) is 11.5 Å². The maximum atomic E-state index is 13.0. The van der Waals surface area contributed by atoms with Gasteiger partial charge in [-0.1, -0.05) is 11.6 Å². The van der Waals surface area contributed by atoms with Crippen molar-refractivity contribution >= 4 is 33.3 Å². The van der Waals surface area contributed by atoms with Crippen LogP contribution in [0.1, 0.15) is 17.3 Å². The van der Waals surface area contributed by atoms with Crippen LogP contribution in [0.4, 0.5) is 5.69 Å². The molecule has 0 N–H and O–H groups in total. The van der Waals surface area contributed by atoms with Gasteiger partial charge in [0.1, 0.15) is 0 Å². The standard InChI is InChI=1S/C18H20ClNO6S/c1-5-26-18(21)14-10-12(6-8-15(14)19)20(2)27(22,23)13-7-9-16(24-3)17(11-13)25-4/h6-11H,5H2,1-4H3. The largest absolute Gasteiger partial charge is 0.493 e. The monoisotopic (exact) mass is 413 g/mol. The number of nitrogens with zero attached hydrogens (tertiary/aromatic N) is 1. The number of benzene rings is 2. The molecule has 0 radical (unpaired) electrons. The number of carbonyl (C=O) groups excluding carboxylic acids is 1. The normalized spacial score (nSPS) is 11.0. The first-order valence-corrected chi connectivity index (χ1v) is 9.75. The van der Waals surface area contributed by atoms with Crippen LogP contribution >= 0.6 is 11.6 Å². The van der Waals surface area contributed by atoms with E-state index in [9.17, 15) is 13.2 Å². The molecule has 0 saturated heterocycles. The third-order valence-corrected chi connectivity index (χ3v) is 5.93. The Bertz CT molecular complexity index is 945. The molecule has 0 aliphatic rings. The van der Waals surface area contributed by atoms with E-state index in [1.165, 1.54) is 57.7 Å². The minimum absolute atomic E-state index is 0.00952. The highest BCUT2D eigenvalue weighted by Crippen LogP contribution is 2.32. The van der Waals surface area contributed by atoms with E-state index < -0.39 is 16.0 Å². The Kier molecular flexibility index (Phi) is 6.56. The van der Waals surface area contributed by atoms with Gasteiger partial charge in [-0.3, -0.25) is 4.31 Å². The molecule has 2 aromatic carbocycles. The zero-order chi connectivity index (χ0) is 20.2. The van der Waals surface area contributed by atoms with Crippen LogP contribution in [0.5, 0.6) is 11.5 Å². The van der Waals surface area contributed by atoms with Crippen molar-refractivity contribution in [3.8, 4) is 11.5 Å². The first-order valence-electron chi connectivity index (χ1n) is 7.93. The summed E-state index contributed by atoms with van der Waals surface area (Å²) in [7, 11) is 0.345. The molecule has 0 fully saturated rings. The number of carbonyl (C=O) groups is 1. The molecule has 0 aromatic heterocycles. The van der Waals surface area contributed by atoms with Crippen molar-refractivity contribution in [2.45, 2.75) is 11.8 Å². The summed E-state index contributed by atoms with van der Waals surface area (Å²) in [6.07, 6.45) is 0. The van der Waals surface area contributed by atoms with Crippen molar-refractivity contribution in [2.75, 3.05) is 32.2 Å². The topological polar surface area (TPSA) is 82.1 Å². The summed E-state index contributed by atoms with van der Waals surface area (Å²) in [6, 6.07) is 8.61. The van der Waals surface area contributed by atoms with Crippen LogP contribution in [0.15, 0.2) is 41.3 Å². The molecule has 0 unspecified atom stereocenters. The third-order valence-electron chi connectivity index (χ3n) is 3.82. The van der Waals surface area contributed by atoms with Gasteiger partial charge in [0, 0.05) is 13.1 Å². The molecule has 7 nitrogen and oxygen atoms in total. The van der Waals surface area contributed by atoms with Crippen LogP contribution < -0.4 is 13.8 Å². The Balaban J connectivity index is 2.46. The molecule has 0 aliphatic carbocycles. The van der Waals surface area contributed by atoms with Crippen molar-refractivity contribution in [3.05, 3.63) is 47.0 Å². The molecular formula is C18H20ClNO6S. The zero-order valence-electron chi connectivity index (χ0n) is 15.4. The third kappa shape index (κ3) is 4.28. The van der Waals surface area contributed by atoms with Gasteiger partial charge in [-0.2, -0.15) is 0 Å². The molecule has 0 aliphatic heterocycles. The Morgan fingerprint density at radius 1 is 1.07 bits per heavy atom. The molecule has 2 rings (SSSR count). The summed E-state index contributed by atoms with van der Waals surface area (Å²) in [6.45, 7) is 1.85. The Morgan fingerprint density at radius 2 is 1.74 bits per heavy atom. The quantitative estimate of drug-likeness (QED) is 0.647. The molecule has 0 amide bonds. The van der Waals surface area contributed by atoms with E-state index in [0.29, 0.717) is 5.75 Å². The fourth-order valence-electron chi connectivity index (χ4n) is 2.35. The number of hydrogen-bond acceptors (Lipinski definition) is 6. The summed E-state index contributed by atoms with van der Waals surface area (Å²) in [5.41, 5.74) is 0.350. The molecule has 0 saturated carbocycles. The Morgan fingerprint density at radius 3 is 2.33 bits per heavy atom. The fraction of sp³-hybridized carbons (Fsp3) is 0.278. The van der Waals surface area contributed by atoms with Gasteiger partial charge >= 0.3 is 5.97 Å². The second-order valence-corrected chi connectivity index (χ2v) is 7.75. The number of rotatable bonds is 7. The maximum Gasteiger partial charge on any atom is 0.339 e. The smallest absolute Gasteiger partial charge is 0.339 e. The molecule has 9 heteroatoms. The minimum atomic E-state index is -3.91. The van der Waals surface area contributed by atoms with Gasteiger partial charge < -0.3 is 14.2 Å². The molecule has 0 bridgehead atoms. The van der Waals surface area contributed by atoms with E-state index in [0.717, 1.165) is 4.31 Å². The first-order chi connectivity index (χ1) is 12.8. The van der Waals surface area contributed by atoms with Gasteiger partial charge in [-0.15, -0.1) is 0 Å². The predicted molar refractivity (Wildman–Crippen MR) is 103 cm³/mol. The highest BCUT2D eigenvalue weighted by molar-refractivity contribution is 7.92. The highest BCUT2D eigenvalue weighted by Gasteiger charge is 2.24. The number of methoxy groups -OCH3 is 2. The van der Waals surface area contributed by atoms with Crippen molar-refractivity contribution in [2.24, 2.45) is 0 Å². The van der Waals surface area contributed by atoms with E-state index >= 15 is 0 Å². The summed E-state index contributed by atoms with van der Waals surface area (Å²) in [4.78, 5) is 12.0. The average Bonchev–Trinajstić information content (AvgIpc) is 2.67. The molecule has 146 valence electrons. The maximum absolute atomic E-state index is 13.0. The lowest BCUT2D eigenvalue weighted by molar-refractivity contribution is 0.0526. The van der Waals surface area contributed by atoms with Gasteiger partial charge in [0.05, 0.1) is 42.0 Å². The van der Waals surface area contributed by atoms with Gasteiger partial charge in [-0.25, -0.2) is 13.2 Å². The number of halogens is 1. The number of sulfonamides is 1. The lowest BCUT2D eigenvalue weighted by Crippen LogP contribution is -2.27. The second-order valence-electron chi connectivity index (χ2n) is 5.37. The Hall–Kier alpha value is -2.45. The molecule has 0 atom stereocenters. The second kappa shape index (κ2) is 8.49.